The van der Waals surface area contributed by atoms with Crippen LogP contribution in [0.25, 0.3) is 5.13 Å². The predicted octanol–water partition coefficient (Wildman–Crippen LogP) is 5.37. The van der Waals surface area contributed by atoms with Crippen molar-refractivity contribution in [2.24, 2.45) is 5.92 Å². The first kappa shape index (κ1) is 21.1. The number of likely N-dealkylation sites (tertiary alicyclic amines) is 1. The molecule has 3 heterocycles. The smallest absolute Gasteiger partial charge is 0.265 e. The molecule has 7 heteroatoms. The molecule has 1 aliphatic heterocycles. The fraction of sp³-hybridized carbons (Fsp3) is 0.435. The van der Waals surface area contributed by atoms with Gasteiger partial charge in [-0.15, -0.1) is 0 Å². The zero-order valence-corrected chi connectivity index (χ0v) is 19.5. The molecule has 0 atom stereocenters. The van der Waals surface area contributed by atoms with Crippen molar-refractivity contribution in [2.75, 3.05) is 13.1 Å². The van der Waals surface area contributed by atoms with E-state index in [-0.39, 0.29) is 5.91 Å². The highest BCUT2D eigenvalue weighted by atomic mass is 35.5. The lowest BCUT2D eigenvalue weighted by atomic mass is 9.99. The zero-order valence-electron chi connectivity index (χ0n) is 17.9. The fourth-order valence-electron chi connectivity index (χ4n) is 3.95. The molecule has 1 aromatic carbocycles. The van der Waals surface area contributed by atoms with Crippen LogP contribution in [-0.4, -0.2) is 38.7 Å². The fourth-order valence-corrected chi connectivity index (χ4v) is 5.12. The summed E-state index contributed by atoms with van der Waals surface area (Å²) in [4.78, 5) is 20.5. The van der Waals surface area contributed by atoms with Crippen molar-refractivity contribution in [1.29, 1.82) is 0 Å². The van der Waals surface area contributed by atoms with Gasteiger partial charge in [-0.05, 0) is 57.2 Å². The molecule has 1 fully saturated rings. The molecule has 0 bridgehead atoms. The van der Waals surface area contributed by atoms with E-state index in [1.165, 1.54) is 22.5 Å². The van der Waals surface area contributed by atoms with Gasteiger partial charge in [0.05, 0.1) is 11.4 Å². The number of piperidine rings is 1. The summed E-state index contributed by atoms with van der Waals surface area (Å²) in [5.41, 5.74) is 5.19. The second-order valence-corrected chi connectivity index (χ2v) is 9.66. The van der Waals surface area contributed by atoms with Gasteiger partial charge in [-0.3, -0.25) is 4.79 Å². The van der Waals surface area contributed by atoms with Gasteiger partial charge < -0.3 is 4.90 Å². The van der Waals surface area contributed by atoms with E-state index in [4.69, 9.17) is 21.7 Å². The summed E-state index contributed by atoms with van der Waals surface area (Å²) in [6.07, 6.45) is 2.93. The Balaban J connectivity index is 1.60. The van der Waals surface area contributed by atoms with Gasteiger partial charge in [0, 0.05) is 35.8 Å². The van der Waals surface area contributed by atoms with Crippen molar-refractivity contribution in [3.05, 3.63) is 62.4 Å². The first-order valence-electron chi connectivity index (χ1n) is 10.4. The van der Waals surface area contributed by atoms with Gasteiger partial charge in [0.1, 0.15) is 4.88 Å². The molecule has 0 spiro atoms. The van der Waals surface area contributed by atoms with E-state index in [1.54, 1.807) is 0 Å². The van der Waals surface area contributed by atoms with E-state index >= 15 is 0 Å². The van der Waals surface area contributed by atoms with Crippen molar-refractivity contribution in [3.8, 4) is 5.13 Å². The Morgan fingerprint density at radius 2 is 1.80 bits per heavy atom. The molecule has 30 heavy (non-hydrogen) atoms. The van der Waals surface area contributed by atoms with Crippen LogP contribution in [0.3, 0.4) is 0 Å². The largest absolute Gasteiger partial charge is 0.338 e. The van der Waals surface area contributed by atoms with Crippen LogP contribution < -0.4 is 0 Å². The van der Waals surface area contributed by atoms with Crippen LogP contribution in [0.5, 0.6) is 0 Å². The predicted molar refractivity (Wildman–Crippen MR) is 122 cm³/mol. The minimum atomic E-state index is 0.103. The topological polar surface area (TPSA) is 51.0 Å². The number of aromatic nitrogens is 3. The number of thiazole rings is 1. The molecule has 5 nitrogen and oxygen atoms in total. The van der Waals surface area contributed by atoms with E-state index < -0.39 is 0 Å². The van der Waals surface area contributed by atoms with Gasteiger partial charge in [-0.2, -0.15) is 5.10 Å². The Morgan fingerprint density at radius 3 is 2.47 bits per heavy atom. The number of carbonyl (C=O) groups excluding carboxylic acids is 1. The number of carbonyl (C=O) groups is 1. The Hall–Kier alpha value is -2.18. The highest BCUT2D eigenvalue weighted by Crippen LogP contribution is 2.28. The van der Waals surface area contributed by atoms with Crippen molar-refractivity contribution in [2.45, 2.75) is 47.0 Å². The lowest BCUT2D eigenvalue weighted by molar-refractivity contribution is 0.0701. The second-order valence-electron chi connectivity index (χ2n) is 8.25. The Morgan fingerprint density at radius 1 is 1.13 bits per heavy atom. The van der Waals surface area contributed by atoms with Crippen LogP contribution in [0.1, 0.15) is 57.6 Å². The summed E-state index contributed by atoms with van der Waals surface area (Å²) in [6.45, 7) is 9.92. The summed E-state index contributed by atoms with van der Waals surface area (Å²) >= 11 is 7.45. The van der Waals surface area contributed by atoms with Crippen molar-refractivity contribution >= 4 is 28.8 Å². The van der Waals surface area contributed by atoms with E-state index in [1.807, 2.05) is 47.7 Å². The number of hydrogen-bond donors (Lipinski definition) is 0. The first-order valence-corrected chi connectivity index (χ1v) is 11.6. The van der Waals surface area contributed by atoms with Gasteiger partial charge in [-0.25, -0.2) is 9.67 Å². The molecule has 0 unspecified atom stereocenters. The number of rotatable bonds is 4. The summed E-state index contributed by atoms with van der Waals surface area (Å²) < 4.78 is 1.88. The van der Waals surface area contributed by atoms with Crippen molar-refractivity contribution in [1.82, 2.24) is 19.7 Å². The van der Waals surface area contributed by atoms with Gasteiger partial charge in [-0.1, -0.05) is 42.0 Å². The molecule has 1 saturated heterocycles. The van der Waals surface area contributed by atoms with Gasteiger partial charge in [0.25, 0.3) is 5.91 Å². The average Bonchev–Trinajstić information content (AvgIpc) is 3.24. The summed E-state index contributed by atoms with van der Waals surface area (Å²) in [7, 11) is 0. The molecule has 1 aliphatic rings. The summed E-state index contributed by atoms with van der Waals surface area (Å²) in [5, 5.41) is 6.24. The molecule has 0 aliphatic carbocycles. The maximum Gasteiger partial charge on any atom is 0.265 e. The highest BCUT2D eigenvalue weighted by Gasteiger charge is 2.26. The Labute approximate surface area is 186 Å². The lowest BCUT2D eigenvalue weighted by Gasteiger charge is -2.29. The zero-order chi connectivity index (χ0) is 21.4. The molecular weight excluding hydrogens is 416 g/mol. The van der Waals surface area contributed by atoms with E-state index in [0.717, 1.165) is 64.5 Å². The first-order chi connectivity index (χ1) is 14.3. The summed E-state index contributed by atoms with van der Waals surface area (Å²) in [5.74, 6) is 0.798. The van der Waals surface area contributed by atoms with Gasteiger partial charge >= 0.3 is 0 Å². The van der Waals surface area contributed by atoms with E-state index in [2.05, 4.69) is 13.8 Å². The molecule has 4 rings (SSSR count). The van der Waals surface area contributed by atoms with Crippen LogP contribution in [0.15, 0.2) is 24.3 Å². The van der Waals surface area contributed by atoms with Crippen LogP contribution in [0, 0.1) is 26.7 Å². The number of aryl methyl sites for hydroxylation is 2. The maximum atomic E-state index is 13.1. The molecule has 2 aromatic heterocycles. The molecule has 0 radical (unpaired) electrons. The number of benzene rings is 1. The monoisotopic (exact) mass is 442 g/mol. The van der Waals surface area contributed by atoms with Gasteiger partial charge in [0.15, 0.2) is 0 Å². The van der Waals surface area contributed by atoms with Crippen molar-refractivity contribution < 1.29 is 4.79 Å². The van der Waals surface area contributed by atoms with Gasteiger partial charge in [0.2, 0.25) is 5.13 Å². The third-order valence-corrected chi connectivity index (χ3v) is 7.34. The summed E-state index contributed by atoms with van der Waals surface area (Å²) in [6, 6.07) is 7.91. The van der Waals surface area contributed by atoms with Crippen LogP contribution in [0.2, 0.25) is 5.02 Å². The third kappa shape index (κ3) is 4.16. The second kappa shape index (κ2) is 8.52. The number of amides is 1. The quantitative estimate of drug-likeness (QED) is 0.545. The van der Waals surface area contributed by atoms with E-state index in [0.29, 0.717) is 5.92 Å². The minimum Gasteiger partial charge on any atom is -0.338 e. The van der Waals surface area contributed by atoms with E-state index in [9.17, 15) is 4.79 Å². The normalized spacial score (nSPS) is 15.0. The maximum absolute atomic E-state index is 13.1. The molecular formula is C23H27ClN4OS. The number of hydrogen-bond acceptors (Lipinski definition) is 4. The number of halogens is 1. The SMILES string of the molecule is Cc1nc(-n2nc(C)c(Cc3ccc(Cl)cc3)c2C)sc1C(=O)N1CCC(C)CC1. The molecule has 0 N–H and O–H groups in total. The van der Waals surface area contributed by atoms with Crippen LogP contribution in [-0.2, 0) is 6.42 Å². The standard InChI is InChI=1S/C23H27ClN4OS/c1-14-9-11-27(12-10-14)22(29)21-16(3)25-23(30-21)28-17(4)20(15(2)26-28)13-18-5-7-19(24)8-6-18/h5-8,14H,9-13H2,1-4H3. The minimum absolute atomic E-state index is 0.103. The van der Waals surface area contributed by atoms with Crippen LogP contribution in [0.4, 0.5) is 0 Å². The third-order valence-electron chi connectivity index (χ3n) is 5.97. The molecule has 0 saturated carbocycles. The van der Waals surface area contributed by atoms with Crippen LogP contribution >= 0.6 is 22.9 Å². The average molecular weight is 443 g/mol. The van der Waals surface area contributed by atoms with Crippen molar-refractivity contribution in [3.63, 3.8) is 0 Å². The molecule has 158 valence electrons. The Bertz CT molecular complexity index is 1060. The number of nitrogens with zero attached hydrogens (tertiary/aromatic N) is 4. The Kier molecular flexibility index (Phi) is 5.98. The molecule has 1 amide bonds. The molecule has 3 aromatic rings. The highest BCUT2D eigenvalue weighted by molar-refractivity contribution is 7.16. The lowest BCUT2D eigenvalue weighted by Crippen LogP contribution is -2.37.